The van der Waals surface area contributed by atoms with Gasteiger partial charge in [0, 0.05) is 30.7 Å². The first-order valence-electron chi connectivity index (χ1n) is 8.41. The summed E-state index contributed by atoms with van der Waals surface area (Å²) in [5.74, 6) is 1.17. The Labute approximate surface area is 152 Å². The van der Waals surface area contributed by atoms with Gasteiger partial charge in [0.2, 0.25) is 0 Å². The Kier molecular flexibility index (Phi) is 5.73. The fraction of sp³-hybridized carbons (Fsp3) is 0.389. The van der Waals surface area contributed by atoms with Crippen LogP contribution in [-0.2, 0) is 0 Å². The maximum absolute atomic E-state index is 12.6. The molecule has 2 amide bonds. The van der Waals surface area contributed by atoms with Gasteiger partial charge in [0.05, 0.1) is 20.8 Å². The Balaban J connectivity index is 1.60. The number of likely N-dealkylation sites (tertiary alicyclic amines) is 1. The largest absolute Gasteiger partial charge is 0.493 e. The third-order valence-electron chi connectivity index (χ3n) is 4.11. The smallest absolute Gasteiger partial charge is 0.321 e. The van der Waals surface area contributed by atoms with E-state index >= 15 is 0 Å². The van der Waals surface area contributed by atoms with Crippen molar-refractivity contribution in [2.75, 3.05) is 32.6 Å². The fourth-order valence-electron chi connectivity index (χ4n) is 2.83. The molecule has 8 nitrogen and oxygen atoms in total. The second kappa shape index (κ2) is 8.37. The molecule has 3 rings (SSSR count). The van der Waals surface area contributed by atoms with Crippen LogP contribution in [0.25, 0.3) is 0 Å². The van der Waals surface area contributed by atoms with Crippen molar-refractivity contribution < 1.29 is 19.0 Å². The molecule has 1 fully saturated rings. The summed E-state index contributed by atoms with van der Waals surface area (Å²) in [4.78, 5) is 22.4. The highest BCUT2D eigenvalue weighted by Crippen LogP contribution is 2.30. The molecule has 1 aliphatic rings. The number of methoxy groups -OCH3 is 2. The van der Waals surface area contributed by atoms with E-state index in [2.05, 4.69) is 15.3 Å². The van der Waals surface area contributed by atoms with Crippen LogP contribution >= 0.6 is 0 Å². The molecule has 0 aliphatic carbocycles. The summed E-state index contributed by atoms with van der Waals surface area (Å²) in [7, 11) is 3.13. The lowest BCUT2D eigenvalue weighted by Crippen LogP contribution is -2.46. The van der Waals surface area contributed by atoms with Crippen molar-refractivity contribution >= 4 is 11.7 Å². The Hall–Kier alpha value is -3.03. The maximum atomic E-state index is 12.6. The Bertz CT molecular complexity index is 741. The number of urea groups is 1. The standard InChI is InChI=1S/C18H22N4O4/c1-24-15-7-6-13(11-16(15)25-2)21-18(23)22-10-3-5-14(12-22)26-17-19-8-4-9-20-17/h4,6-9,11,14H,3,5,10,12H2,1-2H3,(H,21,23). The van der Waals surface area contributed by atoms with E-state index in [1.807, 2.05) is 0 Å². The summed E-state index contributed by atoms with van der Waals surface area (Å²) >= 11 is 0. The zero-order valence-electron chi connectivity index (χ0n) is 14.8. The first-order chi connectivity index (χ1) is 12.7. The normalized spacial score (nSPS) is 16.7. The molecule has 1 unspecified atom stereocenters. The first kappa shape index (κ1) is 17.8. The maximum Gasteiger partial charge on any atom is 0.321 e. The molecule has 0 bridgehead atoms. The Morgan fingerprint density at radius 3 is 2.69 bits per heavy atom. The van der Waals surface area contributed by atoms with Gasteiger partial charge in [-0.05, 0) is 31.0 Å². The summed E-state index contributed by atoms with van der Waals surface area (Å²) in [6, 6.07) is 7.14. The molecular weight excluding hydrogens is 336 g/mol. The van der Waals surface area contributed by atoms with Gasteiger partial charge in [0.15, 0.2) is 11.5 Å². The Morgan fingerprint density at radius 2 is 1.96 bits per heavy atom. The molecule has 0 saturated carbocycles. The minimum Gasteiger partial charge on any atom is -0.493 e. The molecule has 1 saturated heterocycles. The van der Waals surface area contributed by atoms with Crippen LogP contribution in [0, 0.1) is 0 Å². The number of rotatable bonds is 5. The number of anilines is 1. The van der Waals surface area contributed by atoms with Crippen molar-refractivity contribution in [3.63, 3.8) is 0 Å². The zero-order chi connectivity index (χ0) is 18.4. The van der Waals surface area contributed by atoms with Gasteiger partial charge < -0.3 is 24.4 Å². The molecule has 1 N–H and O–H groups in total. The minimum absolute atomic E-state index is 0.123. The summed E-state index contributed by atoms with van der Waals surface area (Å²) in [5.41, 5.74) is 0.641. The molecule has 138 valence electrons. The van der Waals surface area contributed by atoms with E-state index in [9.17, 15) is 4.79 Å². The molecule has 1 aromatic heterocycles. The second-order valence-corrected chi connectivity index (χ2v) is 5.86. The first-order valence-corrected chi connectivity index (χ1v) is 8.41. The molecule has 2 aromatic rings. The second-order valence-electron chi connectivity index (χ2n) is 5.86. The van der Waals surface area contributed by atoms with Gasteiger partial charge in [0.25, 0.3) is 0 Å². The van der Waals surface area contributed by atoms with Gasteiger partial charge in [-0.15, -0.1) is 0 Å². The SMILES string of the molecule is COc1ccc(NC(=O)N2CCCC(Oc3ncccn3)C2)cc1OC. The van der Waals surface area contributed by atoms with Crippen LogP contribution in [0.1, 0.15) is 12.8 Å². The zero-order valence-corrected chi connectivity index (χ0v) is 14.8. The number of piperidine rings is 1. The Morgan fingerprint density at radius 1 is 1.19 bits per heavy atom. The van der Waals surface area contributed by atoms with E-state index in [0.29, 0.717) is 36.3 Å². The number of amides is 2. The van der Waals surface area contributed by atoms with Crippen molar-refractivity contribution in [3.8, 4) is 17.5 Å². The molecule has 1 aliphatic heterocycles. The summed E-state index contributed by atoms with van der Waals surface area (Å²) in [5, 5.41) is 2.89. The van der Waals surface area contributed by atoms with Crippen LogP contribution in [0.4, 0.5) is 10.5 Å². The number of nitrogens with zero attached hydrogens (tertiary/aromatic N) is 3. The molecule has 1 atom stereocenters. The minimum atomic E-state index is -0.181. The number of hydrogen-bond donors (Lipinski definition) is 1. The van der Waals surface area contributed by atoms with Crippen LogP contribution in [-0.4, -0.2) is 54.3 Å². The van der Waals surface area contributed by atoms with Gasteiger partial charge >= 0.3 is 12.0 Å². The van der Waals surface area contributed by atoms with Crippen molar-refractivity contribution in [3.05, 3.63) is 36.7 Å². The number of ether oxygens (including phenoxy) is 3. The number of hydrogen-bond acceptors (Lipinski definition) is 6. The predicted molar refractivity (Wildman–Crippen MR) is 95.8 cm³/mol. The van der Waals surface area contributed by atoms with E-state index in [1.165, 1.54) is 0 Å². The molecule has 0 radical (unpaired) electrons. The lowest BCUT2D eigenvalue weighted by atomic mass is 10.1. The third kappa shape index (κ3) is 4.33. The number of nitrogens with one attached hydrogen (secondary N) is 1. The number of benzene rings is 1. The average molecular weight is 358 g/mol. The number of carbonyl (C=O) groups excluding carboxylic acids is 1. The van der Waals surface area contributed by atoms with E-state index in [1.54, 1.807) is 55.8 Å². The van der Waals surface area contributed by atoms with E-state index in [4.69, 9.17) is 14.2 Å². The van der Waals surface area contributed by atoms with Crippen molar-refractivity contribution in [1.29, 1.82) is 0 Å². The van der Waals surface area contributed by atoms with E-state index < -0.39 is 0 Å². The highest BCUT2D eigenvalue weighted by atomic mass is 16.5. The summed E-state index contributed by atoms with van der Waals surface area (Å²) in [6.45, 7) is 1.16. The van der Waals surface area contributed by atoms with E-state index in [0.717, 1.165) is 12.8 Å². The van der Waals surface area contributed by atoms with E-state index in [-0.39, 0.29) is 12.1 Å². The van der Waals surface area contributed by atoms with Crippen LogP contribution in [0.2, 0.25) is 0 Å². The van der Waals surface area contributed by atoms with Crippen molar-refractivity contribution in [1.82, 2.24) is 14.9 Å². The summed E-state index contributed by atoms with van der Waals surface area (Å²) in [6.07, 6.45) is 4.86. The average Bonchev–Trinajstić information content (AvgIpc) is 2.69. The monoisotopic (exact) mass is 358 g/mol. The lowest BCUT2D eigenvalue weighted by molar-refractivity contribution is 0.0983. The van der Waals surface area contributed by atoms with Crippen LogP contribution in [0.5, 0.6) is 17.5 Å². The van der Waals surface area contributed by atoms with Crippen molar-refractivity contribution in [2.24, 2.45) is 0 Å². The molecule has 26 heavy (non-hydrogen) atoms. The quantitative estimate of drug-likeness (QED) is 0.884. The molecule has 8 heteroatoms. The highest BCUT2D eigenvalue weighted by molar-refractivity contribution is 5.89. The fourth-order valence-corrected chi connectivity index (χ4v) is 2.83. The summed E-state index contributed by atoms with van der Waals surface area (Å²) < 4.78 is 16.2. The number of aromatic nitrogens is 2. The van der Waals surface area contributed by atoms with Gasteiger partial charge in [-0.3, -0.25) is 0 Å². The van der Waals surface area contributed by atoms with Gasteiger partial charge in [-0.1, -0.05) is 0 Å². The van der Waals surface area contributed by atoms with Crippen LogP contribution in [0.15, 0.2) is 36.7 Å². The lowest BCUT2D eigenvalue weighted by Gasteiger charge is -2.32. The molecule has 2 heterocycles. The third-order valence-corrected chi connectivity index (χ3v) is 4.11. The molecule has 0 spiro atoms. The van der Waals surface area contributed by atoms with Crippen LogP contribution in [0.3, 0.4) is 0 Å². The van der Waals surface area contributed by atoms with Gasteiger partial charge in [-0.2, -0.15) is 0 Å². The molecular formula is C18H22N4O4. The van der Waals surface area contributed by atoms with Gasteiger partial charge in [0.1, 0.15) is 6.10 Å². The van der Waals surface area contributed by atoms with Gasteiger partial charge in [-0.25, -0.2) is 14.8 Å². The molecule has 1 aromatic carbocycles. The predicted octanol–water partition coefficient (Wildman–Crippen LogP) is 2.57. The van der Waals surface area contributed by atoms with Crippen LogP contribution < -0.4 is 19.5 Å². The topological polar surface area (TPSA) is 85.8 Å². The van der Waals surface area contributed by atoms with Crippen molar-refractivity contribution in [2.45, 2.75) is 18.9 Å². The highest BCUT2D eigenvalue weighted by Gasteiger charge is 2.25. The number of carbonyl (C=O) groups is 1.